The molecule has 112 valence electrons. The number of nitrogens with two attached hydrogens (primary N) is 1. The lowest BCUT2D eigenvalue weighted by molar-refractivity contribution is 0.000144. The lowest BCUT2D eigenvalue weighted by Crippen LogP contribution is -2.46. The first-order valence-electron chi connectivity index (χ1n) is 7.11. The maximum atomic E-state index is 10.00. The molecule has 5 nitrogen and oxygen atoms in total. The number of hydrogen-bond acceptors (Lipinski definition) is 5. The van der Waals surface area contributed by atoms with E-state index in [1.165, 1.54) is 0 Å². The Hall–Kier alpha value is -1.30. The molecule has 1 heterocycles. The van der Waals surface area contributed by atoms with E-state index >= 15 is 0 Å². The number of β-amino-alcohol motifs (C(OH)–C–C–N with tert-alkyl or cyclic N) is 2. The minimum Gasteiger partial charge on any atom is -0.491 e. The van der Waals surface area contributed by atoms with Gasteiger partial charge in [-0.3, -0.25) is 4.90 Å². The number of hydrogen-bond donors (Lipinski definition) is 3. The molecule has 0 bridgehead atoms. The SMILES string of the molecule is CC1CCN(CC(O)COc2ccc(N)cc2)CC1O. The fraction of sp³-hybridized carbons (Fsp3) is 0.600. The van der Waals surface area contributed by atoms with Crippen molar-refractivity contribution in [1.29, 1.82) is 0 Å². The zero-order valence-electron chi connectivity index (χ0n) is 11.9. The first-order chi connectivity index (χ1) is 9.54. The van der Waals surface area contributed by atoms with E-state index in [1.807, 2.05) is 0 Å². The van der Waals surface area contributed by atoms with Gasteiger partial charge in [-0.1, -0.05) is 6.92 Å². The molecule has 2 rings (SSSR count). The standard InChI is InChI=1S/C15H24N2O3/c1-11-6-7-17(9-15(11)19)8-13(18)10-20-14-4-2-12(16)3-5-14/h2-5,11,13,15,18-19H,6-10,16H2,1H3. The molecule has 0 radical (unpaired) electrons. The van der Waals surface area contributed by atoms with Crippen LogP contribution in [0.15, 0.2) is 24.3 Å². The molecular formula is C15H24N2O3. The number of nitrogen functional groups attached to an aromatic ring is 1. The molecule has 5 heteroatoms. The first kappa shape index (κ1) is 15.1. The lowest BCUT2D eigenvalue weighted by atomic mass is 9.96. The fourth-order valence-corrected chi connectivity index (χ4v) is 2.39. The summed E-state index contributed by atoms with van der Waals surface area (Å²) >= 11 is 0. The second-order valence-corrected chi connectivity index (χ2v) is 5.63. The average Bonchev–Trinajstić information content (AvgIpc) is 2.42. The molecule has 1 fully saturated rings. The van der Waals surface area contributed by atoms with Crippen LogP contribution in [-0.2, 0) is 0 Å². The number of aliphatic hydroxyl groups is 2. The minimum absolute atomic E-state index is 0.242. The van der Waals surface area contributed by atoms with E-state index in [0.29, 0.717) is 30.4 Å². The topological polar surface area (TPSA) is 79.0 Å². The van der Waals surface area contributed by atoms with Crippen LogP contribution in [0.1, 0.15) is 13.3 Å². The van der Waals surface area contributed by atoms with Gasteiger partial charge < -0.3 is 20.7 Å². The Bertz CT molecular complexity index is 410. The molecule has 3 atom stereocenters. The van der Waals surface area contributed by atoms with Gasteiger partial charge in [-0.05, 0) is 43.1 Å². The van der Waals surface area contributed by atoms with Gasteiger partial charge in [0.25, 0.3) is 0 Å². The normalized spacial score (nSPS) is 25.4. The van der Waals surface area contributed by atoms with Crippen molar-refractivity contribution in [3.8, 4) is 5.75 Å². The Balaban J connectivity index is 1.72. The summed E-state index contributed by atoms with van der Waals surface area (Å²) in [5.74, 6) is 1.04. The van der Waals surface area contributed by atoms with Crippen molar-refractivity contribution in [3.05, 3.63) is 24.3 Å². The van der Waals surface area contributed by atoms with Gasteiger partial charge in [-0.25, -0.2) is 0 Å². The minimum atomic E-state index is -0.562. The smallest absolute Gasteiger partial charge is 0.119 e. The van der Waals surface area contributed by atoms with Crippen LogP contribution >= 0.6 is 0 Å². The number of piperidine rings is 1. The summed E-state index contributed by atoms with van der Waals surface area (Å²) in [4.78, 5) is 2.08. The molecule has 1 aromatic rings. The molecule has 0 spiro atoms. The van der Waals surface area contributed by atoms with E-state index in [4.69, 9.17) is 10.5 Å². The van der Waals surface area contributed by atoms with E-state index in [9.17, 15) is 10.2 Å². The zero-order chi connectivity index (χ0) is 14.5. The van der Waals surface area contributed by atoms with Crippen LogP contribution in [0.3, 0.4) is 0 Å². The van der Waals surface area contributed by atoms with Crippen LogP contribution in [0, 0.1) is 5.92 Å². The molecular weight excluding hydrogens is 256 g/mol. The van der Waals surface area contributed by atoms with Crippen LogP contribution in [0.5, 0.6) is 5.75 Å². The molecule has 3 unspecified atom stereocenters. The number of ether oxygens (including phenoxy) is 1. The maximum absolute atomic E-state index is 10.00. The van der Waals surface area contributed by atoms with Gasteiger partial charge >= 0.3 is 0 Å². The third-order valence-corrected chi connectivity index (χ3v) is 3.79. The van der Waals surface area contributed by atoms with Crippen molar-refractivity contribution in [2.75, 3.05) is 32.0 Å². The van der Waals surface area contributed by atoms with Crippen LogP contribution in [0.4, 0.5) is 5.69 Å². The predicted octanol–water partition coefficient (Wildman–Crippen LogP) is 0.711. The van der Waals surface area contributed by atoms with Gasteiger partial charge in [0.15, 0.2) is 0 Å². The average molecular weight is 280 g/mol. The van der Waals surface area contributed by atoms with Crippen molar-refractivity contribution in [2.24, 2.45) is 5.92 Å². The molecule has 1 saturated heterocycles. The summed E-state index contributed by atoms with van der Waals surface area (Å²) < 4.78 is 5.52. The predicted molar refractivity (Wildman–Crippen MR) is 78.6 cm³/mol. The second kappa shape index (κ2) is 6.92. The number of aliphatic hydroxyl groups excluding tert-OH is 2. The maximum Gasteiger partial charge on any atom is 0.119 e. The van der Waals surface area contributed by atoms with E-state index < -0.39 is 6.10 Å². The third kappa shape index (κ3) is 4.37. The largest absolute Gasteiger partial charge is 0.491 e. The van der Waals surface area contributed by atoms with Gasteiger partial charge in [0.1, 0.15) is 18.5 Å². The quantitative estimate of drug-likeness (QED) is 0.692. The third-order valence-electron chi connectivity index (χ3n) is 3.79. The zero-order valence-corrected chi connectivity index (χ0v) is 11.9. The first-order valence-corrected chi connectivity index (χ1v) is 7.11. The molecule has 0 amide bonds. The molecule has 1 aliphatic heterocycles. The van der Waals surface area contributed by atoms with Crippen LogP contribution < -0.4 is 10.5 Å². The Morgan fingerprint density at radius 2 is 2.10 bits per heavy atom. The van der Waals surface area contributed by atoms with Crippen LogP contribution in [0.25, 0.3) is 0 Å². The van der Waals surface area contributed by atoms with Crippen LogP contribution in [0.2, 0.25) is 0 Å². The van der Waals surface area contributed by atoms with E-state index in [-0.39, 0.29) is 12.7 Å². The number of rotatable bonds is 5. The van der Waals surface area contributed by atoms with Crippen molar-refractivity contribution in [2.45, 2.75) is 25.6 Å². The monoisotopic (exact) mass is 280 g/mol. The summed E-state index contributed by atoms with van der Waals surface area (Å²) in [5.41, 5.74) is 6.28. The highest BCUT2D eigenvalue weighted by atomic mass is 16.5. The molecule has 0 aliphatic carbocycles. The van der Waals surface area contributed by atoms with Gasteiger partial charge in [0.05, 0.1) is 6.10 Å². The van der Waals surface area contributed by atoms with E-state index in [2.05, 4.69) is 11.8 Å². The number of anilines is 1. The summed E-state index contributed by atoms with van der Waals surface area (Å²) in [6.45, 7) is 4.37. The Morgan fingerprint density at radius 1 is 1.40 bits per heavy atom. The Kier molecular flexibility index (Phi) is 5.23. The highest BCUT2D eigenvalue weighted by molar-refractivity contribution is 5.41. The molecule has 1 aliphatic rings. The Morgan fingerprint density at radius 3 is 2.75 bits per heavy atom. The molecule has 4 N–H and O–H groups in total. The summed E-state index contributed by atoms with van der Waals surface area (Å²) in [6.07, 6.45) is 0.106. The second-order valence-electron chi connectivity index (χ2n) is 5.63. The molecule has 0 aromatic heterocycles. The van der Waals surface area contributed by atoms with E-state index in [0.717, 1.165) is 13.0 Å². The van der Waals surface area contributed by atoms with Crippen molar-refractivity contribution < 1.29 is 14.9 Å². The highest BCUT2D eigenvalue weighted by Crippen LogP contribution is 2.17. The van der Waals surface area contributed by atoms with E-state index in [1.54, 1.807) is 24.3 Å². The Labute approximate surface area is 120 Å². The summed E-state index contributed by atoms with van der Waals surface area (Å²) in [5, 5.41) is 19.8. The lowest BCUT2D eigenvalue weighted by Gasteiger charge is -2.35. The molecule has 20 heavy (non-hydrogen) atoms. The highest BCUT2D eigenvalue weighted by Gasteiger charge is 2.25. The number of likely N-dealkylation sites (tertiary alicyclic amines) is 1. The van der Waals surface area contributed by atoms with Crippen molar-refractivity contribution in [1.82, 2.24) is 4.90 Å². The molecule has 0 saturated carbocycles. The van der Waals surface area contributed by atoms with Crippen molar-refractivity contribution >= 4 is 5.69 Å². The van der Waals surface area contributed by atoms with Gasteiger partial charge in [0.2, 0.25) is 0 Å². The summed E-state index contributed by atoms with van der Waals surface area (Å²) in [6, 6.07) is 7.11. The van der Waals surface area contributed by atoms with Gasteiger partial charge in [-0.2, -0.15) is 0 Å². The van der Waals surface area contributed by atoms with Gasteiger partial charge in [0, 0.05) is 18.8 Å². The fourth-order valence-electron chi connectivity index (χ4n) is 2.39. The molecule has 1 aromatic carbocycles. The number of nitrogens with zero attached hydrogens (tertiary/aromatic N) is 1. The summed E-state index contributed by atoms with van der Waals surface area (Å²) in [7, 11) is 0. The van der Waals surface area contributed by atoms with Crippen LogP contribution in [-0.4, -0.2) is 53.6 Å². The van der Waals surface area contributed by atoms with Crippen molar-refractivity contribution in [3.63, 3.8) is 0 Å². The number of benzene rings is 1. The van der Waals surface area contributed by atoms with Gasteiger partial charge in [-0.15, -0.1) is 0 Å².